The lowest BCUT2D eigenvalue weighted by Crippen LogP contribution is -2.29. The van der Waals surface area contributed by atoms with Gasteiger partial charge in [-0.2, -0.15) is 0 Å². The third-order valence-corrected chi connectivity index (χ3v) is 6.71. The Morgan fingerprint density at radius 1 is 1.10 bits per heavy atom. The first-order chi connectivity index (χ1) is 14.7. The first-order valence-corrected chi connectivity index (χ1v) is 11.0. The van der Waals surface area contributed by atoms with Crippen molar-refractivity contribution in [3.63, 3.8) is 0 Å². The van der Waals surface area contributed by atoms with Gasteiger partial charge in [0, 0.05) is 15.3 Å². The topological polar surface area (TPSA) is 64.8 Å². The molecule has 0 bridgehead atoms. The minimum Gasteiger partial charge on any atom is -0.467 e. The molecule has 4 aromatic rings. The predicted molar refractivity (Wildman–Crippen MR) is 115 cm³/mol. The minimum atomic E-state index is -0.0676. The van der Waals surface area contributed by atoms with Crippen molar-refractivity contribution >= 4 is 28.6 Å². The number of aryl methyl sites for hydroxylation is 1. The Bertz CT molecular complexity index is 1180. The standard InChI is InChI=1S/C22H18N2O4S2/c1-14-4-6-17(29-14)12-24(11-16-3-2-8-26-16)22(25)20-10-23-21(30-20)15-5-7-18-19(9-15)28-13-27-18/h2-10H,11-13H2,1H3. The number of ether oxygens (including phenoxy) is 2. The summed E-state index contributed by atoms with van der Waals surface area (Å²) in [7, 11) is 0. The van der Waals surface area contributed by atoms with E-state index in [1.54, 1.807) is 28.7 Å². The summed E-state index contributed by atoms with van der Waals surface area (Å²) in [4.78, 5) is 22.5. The highest BCUT2D eigenvalue weighted by molar-refractivity contribution is 7.16. The van der Waals surface area contributed by atoms with Crippen LogP contribution in [0.1, 0.15) is 25.2 Å². The maximum Gasteiger partial charge on any atom is 0.266 e. The maximum atomic E-state index is 13.3. The molecule has 0 aliphatic carbocycles. The molecule has 30 heavy (non-hydrogen) atoms. The largest absolute Gasteiger partial charge is 0.467 e. The van der Waals surface area contributed by atoms with Crippen molar-refractivity contribution in [2.45, 2.75) is 20.0 Å². The van der Waals surface area contributed by atoms with Gasteiger partial charge in [0.1, 0.15) is 15.6 Å². The van der Waals surface area contributed by atoms with Crippen molar-refractivity contribution in [1.82, 2.24) is 9.88 Å². The fourth-order valence-corrected chi connectivity index (χ4v) is 5.03. The Balaban J connectivity index is 1.40. The molecular formula is C22H18N2O4S2. The number of carbonyl (C=O) groups excluding carboxylic acids is 1. The van der Waals surface area contributed by atoms with Gasteiger partial charge >= 0.3 is 0 Å². The number of furan rings is 1. The maximum absolute atomic E-state index is 13.3. The van der Waals surface area contributed by atoms with Gasteiger partial charge in [0.05, 0.1) is 25.5 Å². The van der Waals surface area contributed by atoms with Crippen molar-refractivity contribution in [2.24, 2.45) is 0 Å². The molecule has 0 saturated heterocycles. The van der Waals surface area contributed by atoms with Gasteiger partial charge in [0.25, 0.3) is 5.91 Å². The van der Waals surface area contributed by atoms with Crippen LogP contribution in [0.15, 0.2) is 59.3 Å². The molecule has 1 aromatic carbocycles. The average Bonchev–Trinajstić information content (AvgIpc) is 3.53. The van der Waals surface area contributed by atoms with Crippen molar-refractivity contribution in [1.29, 1.82) is 0 Å². The quantitative estimate of drug-likeness (QED) is 0.406. The van der Waals surface area contributed by atoms with Crippen LogP contribution in [0.3, 0.4) is 0 Å². The molecule has 0 fully saturated rings. The molecule has 1 aliphatic rings. The molecule has 0 atom stereocenters. The minimum absolute atomic E-state index is 0.0676. The van der Waals surface area contributed by atoms with Crippen LogP contribution < -0.4 is 9.47 Å². The number of hydrogen-bond acceptors (Lipinski definition) is 7. The van der Waals surface area contributed by atoms with E-state index < -0.39 is 0 Å². The second-order valence-electron chi connectivity index (χ2n) is 6.85. The van der Waals surface area contributed by atoms with Gasteiger partial charge in [-0.05, 0) is 49.4 Å². The highest BCUT2D eigenvalue weighted by Crippen LogP contribution is 2.37. The van der Waals surface area contributed by atoms with E-state index in [1.807, 2.05) is 30.3 Å². The molecule has 152 valence electrons. The summed E-state index contributed by atoms with van der Waals surface area (Å²) in [6.45, 7) is 3.22. The molecule has 3 aromatic heterocycles. The van der Waals surface area contributed by atoms with Crippen LogP contribution in [-0.4, -0.2) is 22.6 Å². The van der Waals surface area contributed by atoms with E-state index in [2.05, 4.69) is 24.0 Å². The van der Waals surface area contributed by atoms with Gasteiger partial charge in [-0.25, -0.2) is 4.98 Å². The van der Waals surface area contributed by atoms with E-state index in [4.69, 9.17) is 13.9 Å². The molecule has 0 unspecified atom stereocenters. The number of aromatic nitrogens is 1. The van der Waals surface area contributed by atoms with Gasteiger partial charge in [-0.15, -0.1) is 22.7 Å². The number of hydrogen-bond donors (Lipinski definition) is 0. The van der Waals surface area contributed by atoms with Crippen molar-refractivity contribution < 1.29 is 18.7 Å². The lowest BCUT2D eigenvalue weighted by molar-refractivity contribution is 0.0724. The number of thiophene rings is 1. The van der Waals surface area contributed by atoms with E-state index >= 15 is 0 Å². The molecule has 0 radical (unpaired) electrons. The summed E-state index contributed by atoms with van der Waals surface area (Å²) in [5.41, 5.74) is 0.898. The first-order valence-electron chi connectivity index (χ1n) is 9.38. The van der Waals surface area contributed by atoms with Crippen molar-refractivity contribution in [3.05, 3.63) is 75.3 Å². The van der Waals surface area contributed by atoms with E-state index in [-0.39, 0.29) is 12.7 Å². The normalized spacial score (nSPS) is 12.3. The molecule has 5 rings (SSSR count). The summed E-state index contributed by atoms with van der Waals surface area (Å²) in [5.74, 6) is 2.10. The molecule has 6 nitrogen and oxygen atoms in total. The number of amides is 1. The van der Waals surface area contributed by atoms with E-state index in [9.17, 15) is 4.79 Å². The smallest absolute Gasteiger partial charge is 0.266 e. The van der Waals surface area contributed by atoms with Crippen LogP contribution in [0, 0.1) is 6.92 Å². The summed E-state index contributed by atoms with van der Waals surface area (Å²) in [5, 5.41) is 0.765. The van der Waals surface area contributed by atoms with Crippen LogP contribution in [0.2, 0.25) is 0 Å². The Kier molecular flexibility index (Phi) is 5.02. The van der Waals surface area contributed by atoms with Crippen molar-refractivity contribution in [2.75, 3.05) is 6.79 Å². The van der Waals surface area contributed by atoms with E-state index in [0.29, 0.717) is 23.7 Å². The Morgan fingerprint density at radius 2 is 2.00 bits per heavy atom. The Morgan fingerprint density at radius 3 is 2.80 bits per heavy atom. The summed E-state index contributed by atoms with van der Waals surface area (Å²) in [6, 6.07) is 13.5. The van der Waals surface area contributed by atoms with Gasteiger partial charge < -0.3 is 18.8 Å². The molecule has 1 amide bonds. The lowest BCUT2D eigenvalue weighted by Gasteiger charge is -2.20. The SMILES string of the molecule is Cc1ccc(CN(Cc2ccco2)C(=O)c2cnc(-c3ccc4c(c3)OCO4)s2)s1. The van der Waals surface area contributed by atoms with Crippen LogP contribution >= 0.6 is 22.7 Å². The van der Waals surface area contributed by atoms with Gasteiger partial charge in [0.2, 0.25) is 6.79 Å². The number of benzene rings is 1. The molecule has 0 N–H and O–H groups in total. The second kappa shape index (κ2) is 7.97. The summed E-state index contributed by atoms with van der Waals surface area (Å²) < 4.78 is 16.3. The third-order valence-electron chi connectivity index (χ3n) is 4.69. The summed E-state index contributed by atoms with van der Waals surface area (Å²) in [6.07, 6.45) is 3.26. The third kappa shape index (κ3) is 3.83. The zero-order valence-corrected chi connectivity index (χ0v) is 17.8. The number of nitrogens with zero attached hydrogens (tertiary/aromatic N) is 2. The highest BCUT2D eigenvalue weighted by Gasteiger charge is 2.22. The molecular weight excluding hydrogens is 420 g/mol. The fraction of sp³-hybridized carbons (Fsp3) is 0.182. The number of fused-ring (bicyclic) bond motifs is 1. The Hall–Kier alpha value is -3.10. The molecule has 4 heterocycles. The average molecular weight is 439 g/mol. The van der Waals surface area contributed by atoms with Gasteiger partial charge in [-0.1, -0.05) is 0 Å². The fourth-order valence-electron chi connectivity index (χ4n) is 3.24. The zero-order valence-electron chi connectivity index (χ0n) is 16.2. The molecule has 0 saturated carbocycles. The second-order valence-corrected chi connectivity index (χ2v) is 9.25. The monoisotopic (exact) mass is 438 g/mol. The molecule has 1 aliphatic heterocycles. The first kappa shape index (κ1) is 18.9. The van der Waals surface area contributed by atoms with Crippen LogP contribution in [0.4, 0.5) is 0 Å². The van der Waals surface area contributed by atoms with Crippen LogP contribution in [0.25, 0.3) is 10.6 Å². The van der Waals surface area contributed by atoms with Gasteiger partial charge in [0.15, 0.2) is 11.5 Å². The van der Waals surface area contributed by atoms with Gasteiger partial charge in [-0.3, -0.25) is 4.79 Å². The van der Waals surface area contributed by atoms with Crippen LogP contribution in [-0.2, 0) is 13.1 Å². The number of carbonyl (C=O) groups is 1. The van der Waals surface area contributed by atoms with E-state index in [1.165, 1.54) is 16.2 Å². The highest BCUT2D eigenvalue weighted by atomic mass is 32.1. The molecule has 0 spiro atoms. The number of rotatable bonds is 6. The van der Waals surface area contributed by atoms with E-state index in [0.717, 1.165) is 27.0 Å². The zero-order chi connectivity index (χ0) is 20.5. The molecule has 8 heteroatoms. The Labute approximate surface area is 181 Å². The number of thiazole rings is 1. The predicted octanol–water partition coefficient (Wildman–Crippen LogP) is 5.34. The van der Waals surface area contributed by atoms with Crippen LogP contribution in [0.5, 0.6) is 11.5 Å². The lowest BCUT2D eigenvalue weighted by atomic mass is 10.2. The summed E-state index contributed by atoms with van der Waals surface area (Å²) >= 11 is 3.06. The van der Waals surface area contributed by atoms with Crippen molar-refractivity contribution in [3.8, 4) is 22.1 Å².